The Bertz CT molecular complexity index is 1890. The molecule has 0 unspecified atom stereocenters. The van der Waals surface area contributed by atoms with Gasteiger partial charge >= 0.3 is 0 Å². The highest BCUT2D eigenvalue weighted by Crippen LogP contribution is 2.36. The summed E-state index contributed by atoms with van der Waals surface area (Å²) >= 11 is 0. The van der Waals surface area contributed by atoms with Crippen LogP contribution in [0.2, 0.25) is 0 Å². The number of hydrogen-bond acceptors (Lipinski definition) is 0. The van der Waals surface area contributed by atoms with Gasteiger partial charge in [-0.15, -0.1) is 0 Å². The van der Waals surface area contributed by atoms with Crippen LogP contribution >= 0.6 is 0 Å². The number of benzene rings is 4. The minimum atomic E-state index is 1.11. The van der Waals surface area contributed by atoms with Crippen molar-refractivity contribution in [2.45, 2.75) is 168 Å². The van der Waals surface area contributed by atoms with Crippen LogP contribution in [-0.2, 0) is 19.5 Å². The van der Waals surface area contributed by atoms with Gasteiger partial charge in [0.15, 0.2) is 24.8 Å². The Kier molecular flexibility index (Phi) is 16.7. The monoisotopic (exact) mass is 723 g/mol. The molecule has 54 heavy (non-hydrogen) atoms. The Labute approximate surface area is 328 Å². The number of rotatable bonds is 27. The number of aryl methyl sites for hydroxylation is 3. The molecule has 0 saturated carbocycles. The zero-order valence-corrected chi connectivity index (χ0v) is 33.9. The first-order valence-electron chi connectivity index (χ1n) is 22.4. The molecule has 0 bridgehead atoms. The standard InChI is InChI=1S/C52H70N2/c1-2-3-4-5-6-7-8-9-10-11-12-13-14-16-19-22-38-53-40-34-44(35-41-53)45-36-42-54(43-37-45)39-23-20-17-15-18-21-25-46-28-29-49-31-30-47-26-24-27-48-32-33-50(46)52(49)51(47)48/h24,26-37,40-43H,2-23,25,38-39H2,1H3/q+2. The molecule has 0 fully saturated rings. The lowest BCUT2D eigenvalue weighted by molar-refractivity contribution is -0.697. The molecule has 286 valence electrons. The van der Waals surface area contributed by atoms with Crippen LogP contribution in [0.3, 0.4) is 0 Å². The SMILES string of the molecule is CCCCCCCCCCCCCCCCCC[n+]1ccc(-c2cc[n+](CCCCCCCCc3ccc4ccc5cccc6ccc3c4c56)cc2)cc1. The molecular weight excluding hydrogens is 653 g/mol. The fourth-order valence-corrected chi connectivity index (χ4v) is 8.77. The van der Waals surface area contributed by atoms with E-state index < -0.39 is 0 Å². The summed E-state index contributed by atoms with van der Waals surface area (Å²) in [5.41, 5.74) is 4.14. The highest BCUT2D eigenvalue weighted by atomic mass is 14.9. The van der Waals surface area contributed by atoms with Crippen molar-refractivity contribution in [1.29, 1.82) is 0 Å². The predicted molar refractivity (Wildman–Crippen MR) is 233 cm³/mol. The zero-order valence-electron chi connectivity index (χ0n) is 33.9. The summed E-state index contributed by atoms with van der Waals surface area (Å²) in [4.78, 5) is 0. The molecule has 4 aromatic carbocycles. The molecule has 2 heterocycles. The number of nitrogens with zero attached hydrogens (tertiary/aromatic N) is 2. The predicted octanol–water partition coefficient (Wildman–Crippen LogP) is 14.7. The summed E-state index contributed by atoms with van der Waals surface area (Å²) in [6.45, 7) is 4.54. The van der Waals surface area contributed by atoms with Gasteiger partial charge in [0.05, 0.1) is 0 Å². The second kappa shape index (κ2) is 22.6. The van der Waals surface area contributed by atoms with E-state index in [0.717, 1.165) is 13.1 Å². The van der Waals surface area contributed by atoms with Crippen LogP contribution in [0.25, 0.3) is 43.4 Å². The maximum Gasteiger partial charge on any atom is 0.169 e. The van der Waals surface area contributed by atoms with Crippen molar-refractivity contribution in [3.8, 4) is 11.1 Å². The van der Waals surface area contributed by atoms with E-state index in [1.54, 1.807) is 0 Å². The summed E-state index contributed by atoms with van der Waals surface area (Å²) < 4.78 is 4.72. The highest BCUT2D eigenvalue weighted by molar-refractivity contribution is 6.23. The Morgan fingerprint density at radius 3 is 1.22 bits per heavy atom. The van der Waals surface area contributed by atoms with Gasteiger partial charge in [0.2, 0.25) is 0 Å². The normalized spacial score (nSPS) is 11.8. The Hall–Kier alpha value is -3.78. The van der Waals surface area contributed by atoms with Crippen LogP contribution < -0.4 is 9.13 Å². The quantitative estimate of drug-likeness (QED) is 0.0284. The molecule has 0 aliphatic rings. The molecule has 0 radical (unpaired) electrons. The third kappa shape index (κ3) is 12.1. The maximum atomic E-state index is 2.38. The molecule has 6 rings (SSSR count). The summed E-state index contributed by atoms with van der Waals surface area (Å²) in [6, 6.07) is 29.8. The molecular formula is C52H70N2+2. The smallest absolute Gasteiger partial charge is 0.169 e. The third-order valence-electron chi connectivity index (χ3n) is 12.1. The molecule has 2 nitrogen and oxygen atoms in total. The van der Waals surface area contributed by atoms with Crippen LogP contribution in [0.1, 0.15) is 154 Å². The van der Waals surface area contributed by atoms with E-state index in [0.29, 0.717) is 0 Å². The van der Waals surface area contributed by atoms with E-state index >= 15 is 0 Å². The Morgan fingerprint density at radius 1 is 0.352 bits per heavy atom. The van der Waals surface area contributed by atoms with Crippen molar-refractivity contribution in [3.63, 3.8) is 0 Å². The van der Waals surface area contributed by atoms with Crippen LogP contribution in [0.5, 0.6) is 0 Å². The van der Waals surface area contributed by atoms with Gasteiger partial charge in [-0.1, -0.05) is 171 Å². The summed E-state index contributed by atoms with van der Waals surface area (Å²) in [5.74, 6) is 0. The van der Waals surface area contributed by atoms with Crippen LogP contribution in [0.4, 0.5) is 0 Å². The van der Waals surface area contributed by atoms with Gasteiger partial charge in [-0.05, 0) is 74.7 Å². The van der Waals surface area contributed by atoms with E-state index in [4.69, 9.17) is 0 Å². The molecule has 2 aromatic heterocycles. The summed E-state index contributed by atoms with van der Waals surface area (Å²) in [5, 5.41) is 8.44. The van der Waals surface area contributed by atoms with Crippen molar-refractivity contribution in [2.75, 3.05) is 0 Å². The Balaban J connectivity index is 0.780. The van der Waals surface area contributed by atoms with Gasteiger partial charge in [-0.25, -0.2) is 9.13 Å². The molecule has 0 aliphatic carbocycles. The third-order valence-corrected chi connectivity index (χ3v) is 12.1. The molecule has 0 amide bonds. The number of aromatic nitrogens is 2. The van der Waals surface area contributed by atoms with Crippen molar-refractivity contribution in [1.82, 2.24) is 0 Å². The largest absolute Gasteiger partial charge is 0.205 e. The zero-order chi connectivity index (χ0) is 37.0. The van der Waals surface area contributed by atoms with Gasteiger partial charge in [0.1, 0.15) is 13.1 Å². The first-order chi connectivity index (χ1) is 26.8. The van der Waals surface area contributed by atoms with Gasteiger partial charge in [0.25, 0.3) is 0 Å². The first kappa shape index (κ1) is 39.9. The second-order valence-corrected chi connectivity index (χ2v) is 16.4. The fourth-order valence-electron chi connectivity index (χ4n) is 8.77. The molecule has 0 N–H and O–H groups in total. The van der Waals surface area contributed by atoms with Crippen molar-refractivity contribution in [2.24, 2.45) is 0 Å². The van der Waals surface area contributed by atoms with Gasteiger partial charge in [0, 0.05) is 37.1 Å². The minimum absolute atomic E-state index is 1.11. The topological polar surface area (TPSA) is 7.76 Å². The summed E-state index contributed by atoms with van der Waals surface area (Å²) in [6.07, 6.45) is 40.9. The number of unbranched alkanes of at least 4 members (excludes halogenated alkanes) is 20. The first-order valence-corrected chi connectivity index (χ1v) is 22.4. The molecule has 0 spiro atoms. The molecule has 0 aliphatic heterocycles. The van der Waals surface area contributed by atoms with Crippen molar-refractivity contribution in [3.05, 3.63) is 109 Å². The summed E-state index contributed by atoms with van der Waals surface area (Å²) in [7, 11) is 0. The van der Waals surface area contributed by atoms with E-state index in [-0.39, 0.29) is 0 Å². The van der Waals surface area contributed by atoms with Gasteiger partial charge in [-0.2, -0.15) is 0 Å². The van der Waals surface area contributed by atoms with E-state index in [2.05, 4.69) is 120 Å². The minimum Gasteiger partial charge on any atom is -0.205 e. The maximum absolute atomic E-state index is 2.38. The number of pyridine rings is 2. The van der Waals surface area contributed by atoms with Crippen LogP contribution in [-0.4, -0.2) is 0 Å². The van der Waals surface area contributed by atoms with Crippen LogP contribution in [0.15, 0.2) is 104 Å². The average molecular weight is 723 g/mol. The van der Waals surface area contributed by atoms with Gasteiger partial charge in [-0.3, -0.25) is 0 Å². The molecule has 0 saturated heterocycles. The lowest BCUT2D eigenvalue weighted by atomic mass is 9.90. The highest BCUT2D eigenvalue weighted by Gasteiger charge is 2.11. The molecule has 0 atom stereocenters. The van der Waals surface area contributed by atoms with Crippen molar-refractivity contribution < 1.29 is 9.13 Å². The fraction of sp³-hybridized carbons (Fsp3) is 0.500. The average Bonchev–Trinajstić information content (AvgIpc) is 3.21. The lowest BCUT2D eigenvalue weighted by Crippen LogP contribution is -2.33. The van der Waals surface area contributed by atoms with E-state index in [9.17, 15) is 0 Å². The second-order valence-electron chi connectivity index (χ2n) is 16.4. The van der Waals surface area contributed by atoms with E-state index in [1.807, 2.05) is 0 Å². The molecule has 6 aromatic rings. The van der Waals surface area contributed by atoms with Gasteiger partial charge < -0.3 is 0 Å². The van der Waals surface area contributed by atoms with Crippen LogP contribution in [0, 0.1) is 0 Å². The van der Waals surface area contributed by atoms with E-state index in [1.165, 1.54) is 197 Å². The number of hydrogen-bond donors (Lipinski definition) is 0. The Morgan fingerprint density at radius 2 is 0.741 bits per heavy atom. The lowest BCUT2D eigenvalue weighted by Gasteiger charge is -2.14. The molecule has 2 heteroatoms. The van der Waals surface area contributed by atoms with Crippen molar-refractivity contribution >= 4 is 32.3 Å².